The van der Waals surface area contributed by atoms with Crippen molar-refractivity contribution in [3.8, 4) is 0 Å². The molecule has 0 fully saturated rings. The van der Waals surface area contributed by atoms with E-state index in [1.165, 1.54) is 0 Å². The zero-order chi connectivity index (χ0) is 8.85. The van der Waals surface area contributed by atoms with Gasteiger partial charge in [-0.15, -0.1) is 11.6 Å². The molecule has 64 valence electrons. The molecule has 0 N–H and O–H groups in total. The summed E-state index contributed by atoms with van der Waals surface area (Å²) in [5.74, 6) is 0.158. The van der Waals surface area contributed by atoms with Crippen LogP contribution in [0.2, 0.25) is 0 Å². The van der Waals surface area contributed by atoms with E-state index in [-0.39, 0.29) is 11.7 Å². The molecule has 0 aromatic carbocycles. The Bertz CT molecular complexity index is 180. The summed E-state index contributed by atoms with van der Waals surface area (Å²) in [6.45, 7) is 5.53. The second-order valence-electron chi connectivity index (χ2n) is 2.34. The fourth-order valence-electron chi connectivity index (χ4n) is 0.779. The van der Waals surface area contributed by atoms with E-state index in [0.29, 0.717) is 12.0 Å². The third-order valence-corrected chi connectivity index (χ3v) is 1.95. The summed E-state index contributed by atoms with van der Waals surface area (Å²) in [4.78, 5) is 0. The molecular weight excluding hydrogens is 163 g/mol. The molecule has 0 aromatic heterocycles. The number of halogens is 2. The molecule has 0 saturated heterocycles. The van der Waals surface area contributed by atoms with E-state index in [0.717, 1.165) is 5.57 Å². The molecule has 0 spiro atoms. The van der Waals surface area contributed by atoms with Gasteiger partial charge in [0.05, 0.1) is 5.88 Å². The summed E-state index contributed by atoms with van der Waals surface area (Å²) in [6, 6.07) is 0. The van der Waals surface area contributed by atoms with Gasteiger partial charge in [0.25, 0.3) is 0 Å². The maximum atomic E-state index is 13.0. The highest BCUT2D eigenvalue weighted by Crippen LogP contribution is 2.19. The molecule has 11 heavy (non-hydrogen) atoms. The van der Waals surface area contributed by atoms with Gasteiger partial charge in [-0.1, -0.05) is 13.0 Å². The van der Waals surface area contributed by atoms with Crippen LogP contribution < -0.4 is 0 Å². The van der Waals surface area contributed by atoms with E-state index < -0.39 is 0 Å². The van der Waals surface area contributed by atoms with Crippen LogP contribution in [-0.4, -0.2) is 5.88 Å². The molecule has 0 aromatic rings. The Morgan fingerprint density at radius 3 is 2.36 bits per heavy atom. The summed E-state index contributed by atoms with van der Waals surface area (Å²) in [6.07, 6.45) is 2.29. The van der Waals surface area contributed by atoms with E-state index in [2.05, 4.69) is 0 Å². The second-order valence-corrected chi connectivity index (χ2v) is 2.61. The largest absolute Gasteiger partial charge is 0.211 e. The molecule has 0 saturated carbocycles. The zero-order valence-corrected chi connectivity index (χ0v) is 8.00. The van der Waals surface area contributed by atoms with Crippen molar-refractivity contribution >= 4 is 11.6 Å². The van der Waals surface area contributed by atoms with Crippen LogP contribution in [0.3, 0.4) is 0 Å². The van der Waals surface area contributed by atoms with Gasteiger partial charge >= 0.3 is 0 Å². The SMILES string of the molecule is C/C=C(C)\C(CCl)=C(\F)CC. The summed E-state index contributed by atoms with van der Waals surface area (Å²) < 4.78 is 13.0. The van der Waals surface area contributed by atoms with Gasteiger partial charge in [0.2, 0.25) is 0 Å². The van der Waals surface area contributed by atoms with Crippen molar-refractivity contribution in [3.63, 3.8) is 0 Å². The Kier molecular flexibility index (Phi) is 5.22. The van der Waals surface area contributed by atoms with Crippen molar-refractivity contribution in [1.29, 1.82) is 0 Å². The van der Waals surface area contributed by atoms with E-state index in [4.69, 9.17) is 11.6 Å². The second kappa shape index (κ2) is 5.36. The standard InChI is InChI=1S/C9H14ClF/c1-4-7(3)8(6-10)9(11)5-2/h4H,5-6H2,1-3H3/b7-4-,9-8+. The highest BCUT2D eigenvalue weighted by molar-refractivity contribution is 6.19. The molecule has 0 unspecified atom stereocenters. The van der Waals surface area contributed by atoms with Crippen LogP contribution in [0, 0.1) is 0 Å². The van der Waals surface area contributed by atoms with Crippen LogP contribution in [0.4, 0.5) is 4.39 Å². The molecule has 0 nitrogen and oxygen atoms in total. The topological polar surface area (TPSA) is 0 Å². The maximum absolute atomic E-state index is 13.0. The number of alkyl halides is 1. The molecule has 0 aliphatic carbocycles. The first kappa shape index (κ1) is 10.7. The van der Waals surface area contributed by atoms with Gasteiger partial charge < -0.3 is 0 Å². The molecule has 0 radical (unpaired) electrons. The van der Waals surface area contributed by atoms with E-state index in [1.54, 1.807) is 6.92 Å². The van der Waals surface area contributed by atoms with Gasteiger partial charge in [-0.05, 0) is 25.8 Å². The molecule has 2 heteroatoms. The van der Waals surface area contributed by atoms with Gasteiger partial charge in [0, 0.05) is 5.57 Å². The Balaban J connectivity index is 4.65. The summed E-state index contributed by atoms with van der Waals surface area (Å²) in [7, 11) is 0. The smallest absolute Gasteiger partial charge is 0.104 e. The molecular formula is C9H14ClF. The number of hydrogen-bond donors (Lipinski definition) is 0. The lowest BCUT2D eigenvalue weighted by Crippen LogP contribution is -1.90. The fraction of sp³-hybridized carbons (Fsp3) is 0.556. The summed E-state index contributed by atoms with van der Waals surface area (Å²) in [5, 5.41) is 0. The Hall–Kier alpha value is -0.300. The van der Waals surface area contributed by atoms with Crippen LogP contribution in [-0.2, 0) is 0 Å². The fourth-order valence-corrected chi connectivity index (χ4v) is 1.14. The van der Waals surface area contributed by atoms with E-state index in [1.807, 2.05) is 19.9 Å². The quantitative estimate of drug-likeness (QED) is 0.453. The molecule has 0 amide bonds. The Morgan fingerprint density at radius 1 is 1.55 bits per heavy atom. The van der Waals surface area contributed by atoms with Gasteiger partial charge in [-0.25, -0.2) is 4.39 Å². The molecule has 0 aliphatic heterocycles. The molecule has 0 bridgehead atoms. The minimum atomic E-state index is -0.101. The summed E-state index contributed by atoms with van der Waals surface area (Å²) in [5.41, 5.74) is 1.57. The number of rotatable bonds is 3. The van der Waals surface area contributed by atoms with Crippen molar-refractivity contribution in [1.82, 2.24) is 0 Å². The monoisotopic (exact) mass is 176 g/mol. The van der Waals surface area contributed by atoms with Gasteiger partial charge in [0.15, 0.2) is 0 Å². The van der Waals surface area contributed by atoms with Gasteiger partial charge in [-0.2, -0.15) is 0 Å². The minimum absolute atomic E-state index is 0.101. The third-order valence-electron chi connectivity index (χ3n) is 1.68. The van der Waals surface area contributed by atoms with Crippen LogP contribution in [0.5, 0.6) is 0 Å². The maximum Gasteiger partial charge on any atom is 0.104 e. The lowest BCUT2D eigenvalue weighted by Gasteiger charge is -2.04. The molecule has 0 rings (SSSR count). The van der Waals surface area contributed by atoms with Crippen LogP contribution in [0.1, 0.15) is 27.2 Å². The van der Waals surface area contributed by atoms with Crippen molar-refractivity contribution in [2.24, 2.45) is 0 Å². The predicted molar refractivity (Wildman–Crippen MR) is 48.6 cm³/mol. The molecule has 0 heterocycles. The Morgan fingerprint density at radius 2 is 2.09 bits per heavy atom. The van der Waals surface area contributed by atoms with Gasteiger partial charge in [0.1, 0.15) is 5.83 Å². The van der Waals surface area contributed by atoms with Crippen LogP contribution in [0.25, 0.3) is 0 Å². The predicted octanol–water partition coefficient (Wildman–Crippen LogP) is 3.83. The van der Waals surface area contributed by atoms with Crippen molar-refractivity contribution in [3.05, 3.63) is 23.0 Å². The average molecular weight is 177 g/mol. The number of hydrogen-bond acceptors (Lipinski definition) is 0. The summed E-state index contributed by atoms with van der Waals surface area (Å²) >= 11 is 5.58. The average Bonchev–Trinajstić information content (AvgIpc) is 2.05. The lowest BCUT2D eigenvalue weighted by molar-refractivity contribution is 0.594. The lowest BCUT2D eigenvalue weighted by atomic mass is 10.1. The van der Waals surface area contributed by atoms with E-state index in [9.17, 15) is 4.39 Å². The zero-order valence-electron chi connectivity index (χ0n) is 7.25. The first-order valence-corrected chi connectivity index (χ1v) is 4.27. The number of allylic oxidation sites excluding steroid dienone is 4. The van der Waals surface area contributed by atoms with Crippen LogP contribution >= 0.6 is 11.6 Å². The first-order valence-electron chi connectivity index (χ1n) is 3.74. The third kappa shape index (κ3) is 3.06. The van der Waals surface area contributed by atoms with Crippen molar-refractivity contribution < 1.29 is 4.39 Å². The first-order chi connectivity index (χ1) is 5.17. The Labute approximate surface area is 72.7 Å². The van der Waals surface area contributed by atoms with Crippen molar-refractivity contribution in [2.45, 2.75) is 27.2 Å². The molecule has 0 atom stereocenters. The van der Waals surface area contributed by atoms with Crippen LogP contribution in [0.15, 0.2) is 23.0 Å². The highest BCUT2D eigenvalue weighted by atomic mass is 35.5. The van der Waals surface area contributed by atoms with Crippen molar-refractivity contribution in [2.75, 3.05) is 5.88 Å². The molecule has 0 aliphatic rings. The highest BCUT2D eigenvalue weighted by Gasteiger charge is 2.04. The minimum Gasteiger partial charge on any atom is -0.211 e. The normalized spacial score (nSPS) is 14.8. The van der Waals surface area contributed by atoms with Gasteiger partial charge in [-0.3, -0.25) is 0 Å². The van der Waals surface area contributed by atoms with E-state index >= 15 is 0 Å².